The molecule has 0 spiro atoms. The van der Waals surface area contributed by atoms with Crippen molar-refractivity contribution >= 4 is 21.9 Å². The monoisotopic (exact) mass is 494 g/mol. The highest BCUT2D eigenvalue weighted by molar-refractivity contribution is 7.99. The van der Waals surface area contributed by atoms with E-state index in [0.717, 1.165) is 11.8 Å². The maximum Gasteiger partial charge on any atom is 0.534 e. The van der Waals surface area contributed by atoms with E-state index >= 15 is 0 Å². The van der Waals surface area contributed by atoms with Crippen LogP contribution in [0.25, 0.3) is 0 Å². The van der Waals surface area contributed by atoms with Crippen LogP contribution in [0.2, 0.25) is 0 Å². The fourth-order valence-electron chi connectivity index (χ4n) is 6.12. The summed E-state index contributed by atoms with van der Waals surface area (Å²) in [6.07, 6.45) is 6.04. The Morgan fingerprint density at radius 2 is 1.75 bits per heavy atom. The van der Waals surface area contributed by atoms with Crippen LogP contribution in [0.1, 0.15) is 59.8 Å². The Kier molecular flexibility index (Phi) is 7.12. The Morgan fingerprint density at radius 1 is 1.09 bits per heavy atom. The van der Waals surface area contributed by atoms with E-state index in [2.05, 4.69) is 31.9 Å². The summed E-state index contributed by atoms with van der Waals surface area (Å²) in [4.78, 5) is 0.629. The number of benzene rings is 1. The summed E-state index contributed by atoms with van der Waals surface area (Å²) in [7, 11) is -4.36. The van der Waals surface area contributed by atoms with Gasteiger partial charge in [-0.3, -0.25) is 0 Å². The van der Waals surface area contributed by atoms with Crippen LogP contribution in [0, 0.1) is 28.6 Å². The largest absolute Gasteiger partial charge is 0.534 e. The zero-order chi connectivity index (χ0) is 23.9. The standard InChI is InChI=1S/C23H33F3O4S2/c1-15-7-8-20-21(2,3)9-6-10-22(20,4)19(15)14-31-18-12-16(29-5)11-17(13-18)30-32(27,28)23(24,25)26/h11-13,15,19-20H,6-10,14H2,1-5H3. The van der Waals surface area contributed by atoms with Crippen LogP contribution in [-0.2, 0) is 10.1 Å². The van der Waals surface area contributed by atoms with Crippen molar-refractivity contribution < 1.29 is 30.5 Å². The first-order chi connectivity index (χ1) is 14.7. The Labute approximate surface area is 193 Å². The van der Waals surface area contributed by atoms with Crippen LogP contribution in [0.5, 0.6) is 11.5 Å². The molecule has 2 aliphatic rings. The molecule has 0 heterocycles. The average Bonchev–Trinajstić information content (AvgIpc) is 2.65. The van der Waals surface area contributed by atoms with E-state index in [4.69, 9.17) is 4.74 Å². The summed E-state index contributed by atoms with van der Waals surface area (Å²) in [6, 6.07) is 4.20. The van der Waals surface area contributed by atoms with E-state index in [1.807, 2.05) is 0 Å². The van der Waals surface area contributed by atoms with Gasteiger partial charge in [-0.25, -0.2) is 0 Å². The Hall–Kier alpha value is -1.09. The molecule has 4 unspecified atom stereocenters. The predicted octanol–water partition coefficient (Wildman–Crippen LogP) is 6.89. The SMILES string of the molecule is COc1cc(OS(=O)(=O)C(F)(F)F)cc(SCC2C(C)CCC3C(C)(C)CCCC23C)c1. The van der Waals surface area contributed by atoms with E-state index in [1.54, 1.807) is 6.07 Å². The quantitative estimate of drug-likeness (QED) is 0.245. The topological polar surface area (TPSA) is 52.6 Å². The van der Waals surface area contributed by atoms with Crippen molar-refractivity contribution in [2.75, 3.05) is 12.9 Å². The van der Waals surface area contributed by atoms with Crippen LogP contribution in [0.4, 0.5) is 13.2 Å². The predicted molar refractivity (Wildman–Crippen MR) is 120 cm³/mol. The minimum atomic E-state index is -5.74. The third-order valence-corrected chi connectivity index (χ3v) is 9.80. The van der Waals surface area contributed by atoms with Gasteiger partial charge in [-0.15, -0.1) is 11.8 Å². The van der Waals surface area contributed by atoms with Crippen molar-refractivity contribution in [3.05, 3.63) is 18.2 Å². The van der Waals surface area contributed by atoms with Gasteiger partial charge in [0.15, 0.2) is 0 Å². The molecule has 0 amide bonds. The maximum absolute atomic E-state index is 12.7. The molecule has 4 nitrogen and oxygen atoms in total. The van der Waals surface area contributed by atoms with Crippen molar-refractivity contribution in [1.82, 2.24) is 0 Å². The molecule has 0 saturated heterocycles. The van der Waals surface area contributed by atoms with Gasteiger partial charge in [-0.1, -0.05) is 40.5 Å². The lowest BCUT2D eigenvalue weighted by Crippen LogP contribution is -2.51. The zero-order valence-corrected chi connectivity index (χ0v) is 20.9. The molecular weight excluding hydrogens is 461 g/mol. The van der Waals surface area contributed by atoms with Crippen LogP contribution in [-0.4, -0.2) is 26.8 Å². The lowest BCUT2D eigenvalue weighted by atomic mass is 9.47. The van der Waals surface area contributed by atoms with Gasteiger partial charge in [0, 0.05) is 16.7 Å². The third kappa shape index (κ3) is 5.03. The van der Waals surface area contributed by atoms with Gasteiger partial charge in [0.1, 0.15) is 11.5 Å². The van der Waals surface area contributed by atoms with E-state index in [1.165, 1.54) is 57.0 Å². The van der Waals surface area contributed by atoms with Gasteiger partial charge >= 0.3 is 15.6 Å². The summed E-state index contributed by atoms with van der Waals surface area (Å²) < 4.78 is 70.7. The molecular formula is C23H33F3O4S2. The molecule has 0 radical (unpaired) electrons. The van der Waals surface area contributed by atoms with E-state index in [9.17, 15) is 21.6 Å². The van der Waals surface area contributed by atoms with E-state index in [-0.39, 0.29) is 11.2 Å². The lowest BCUT2D eigenvalue weighted by molar-refractivity contribution is -0.0850. The molecule has 3 rings (SSSR count). The minimum Gasteiger partial charge on any atom is -0.497 e. The smallest absolute Gasteiger partial charge is 0.497 e. The number of fused-ring (bicyclic) bond motifs is 1. The molecule has 182 valence electrons. The third-order valence-electron chi connectivity index (χ3n) is 7.73. The molecule has 32 heavy (non-hydrogen) atoms. The first-order valence-corrected chi connectivity index (χ1v) is 13.4. The maximum atomic E-state index is 12.7. The second kappa shape index (κ2) is 8.93. The molecule has 2 aliphatic carbocycles. The molecule has 0 bridgehead atoms. The number of rotatable bonds is 6. The van der Waals surface area contributed by atoms with E-state index in [0.29, 0.717) is 28.1 Å². The van der Waals surface area contributed by atoms with Crippen LogP contribution in [0.3, 0.4) is 0 Å². The van der Waals surface area contributed by atoms with Crippen LogP contribution < -0.4 is 8.92 Å². The summed E-state index contributed by atoms with van der Waals surface area (Å²) in [5.74, 6) is 2.31. The summed E-state index contributed by atoms with van der Waals surface area (Å²) in [5.41, 5.74) is -4.97. The first-order valence-electron chi connectivity index (χ1n) is 11.0. The Morgan fingerprint density at radius 3 is 2.38 bits per heavy atom. The zero-order valence-electron chi connectivity index (χ0n) is 19.3. The molecule has 2 saturated carbocycles. The number of ether oxygens (including phenoxy) is 1. The fraction of sp³-hybridized carbons (Fsp3) is 0.739. The van der Waals surface area contributed by atoms with Crippen molar-refractivity contribution in [2.45, 2.75) is 70.2 Å². The van der Waals surface area contributed by atoms with Crippen molar-refractivity contribution in [1.29, 1.82) is 0 Å². The molecule has 0 aromatic heterocycles. The van der Waals surface area contributed by atoms with Crippen LogP contribution >= 0.6 is 11.8 Å². The highest BCUT2D eigenvalue weighted by Crippen LogP contribution is 2.61. The van der Waals surface area contributed by atoms with Crippen molar-refractivity contribution in [3.63, 3.8) is 0 Å². The second-order valence-electron chi connectivity index (χ2n) is 10.2. The van der Waals surface area contributed by atoms with Crippen molar-refractivity contribution in [3.8, 4) is 11.5 Å². The lowest BCUT2D eigenvalue weighted by Gasteiger charge is -2.59. The average molecular weight is 495 g/mol. The normalized spacial score (nSPS) is 30.4. The van der Waals surface area contributed by atoms with Gasteiger partial charge in [0.2, 0.25) is 0 Å². The number of hydrogen-bond acceptors (Lipinski definition) is 5. The molecule has 2 fully saturated rings. The number of halogens is 3. The second-order valence-corrected chi connectivity index (χ2v) is 12.8. The Bertz CT molecular complexity index is 930. The summed E-state index contributed by atoms with van der Waals surface area (Å²) in [6.45, 7) is 9.46. The van der Waals surface area contributed by atoms with Gasteiger partial charge in [-0.05, 0) is 60.0 Å². The number of methoxy groups -OCH3 is 1. The number of thioether (sulfide) groups is 1. The Balaban J connectivity index is 1.82. The highest BCUT2D eigenvalue weighted by Gasteiger charge is 2.53. The summed E-state index contributed by atoms with van der Waals surface area (Å²) >= 11 is 1.53. The fourth-order valence-corrected chi connectivity index (χ4v) is 8.04. The van der Waals surface area contributed by atoms with Crippen LogP contribution in [0.15, 0.2) is 23.1 Å². The molecule has 9 heteroatoms. The summed E-state index contributed by atoms with van der Waals surface area (Å²) in [5, 5.41) is 0. The van der Waals surface area contributed by atoms with Gasteiger partial charge in [0.25, 0.3) is 0 Å². The molecule has 4 atom stereocenters. The number of alkyl halides is 3. The molecule has 1 aromatic carbocycles. The van der Waals surface area contributed by atoms with Gasteiger partial charge in [0.05, 0.1) is 7.11 Å². The van der Waals surface area contributed by atoms with Gasteiger partial charge in [-0.2, -0.15) is 21.6 Å². The minimum absolute atomic E-state index is 0.213. The van der Waals surface area contributed by atoms with Gasteiger partial charge < -0.3 is 8.92 Å². The number of hydrogen-bond donors (Lipinski definition) is 0. The first kappa shape index (κ1) is 25.5. The highest BCUT2D eigenvalue weighted by atomic mass is 32.2. The molecule has 0 N–H and O–H groups in total. The van der Waals surface area contributed by atoms with Crippen molar-refractivity contribution in [2.24, 2.45) is 28.6 Å². The molecule has 1 aromatic rings. The molecule has 0 aliphatic heterocycles. The van der Waals surface area contributed by atoms with E-state index < -0.39 is 21.4 Å².